The number of hydrogen-bond acceptors (Lipinski definition) is 10. The maximum absolute atomic E-state index is 15.5. The topological polar surface area (TPSA) is 147 Å². The number of alkyl halides is 1. The van der Waals surface area contributed by atoms with Crippen LogP contribution < -0.4 is 21.0 Å². The number of ether oxygens (including phenoxy) is 2. The Hall–Kier alpha value is -2.41. The lowest BCUT2D eigenvalue weighted by Crippen LogP contribution is -2.43. The first-order valence-electron chi connectivity index (χ1n) is 11.2. The first kappa shape index (κ1) is 28.2. The average molecular weight is 545 g/mol. The number of aliphatic hydroxyl groups is 1. The largest absolute Gasteiger partial charge is 0.462 e. The van der Waals surface area contributed by atoms with Crippen molar-refractivity contribution in [3.63, 3.8) is 0 Å². The molecular weight excluding hydrogens is 514 g/mol. The van der Waals surface area contributed by atoms with E-state index in [9.17, 15) is 14.7 Å². The number of esters is 1. The van der Waals surface area contributed by atoms with Crippen molar-refractivity contribution in [3.8, 4) is 5.75 Å². The summed E-state index contributed by atoms with van der Waals surface area (Å²) in [6.45, 7) is 2.21. The monoisotopic (exact) mass is 544 g/mol. The van der Waals surface area contributed by atoms with Gasteiger partial charge in [-0.1, -0.05) is 18.2 Å². The Labute approximate surface area is 212 Å². The van der Waals surface area contributed by atoms with Crippen LogP contribution in [0.4, 0.5) is 10.2 Å². The second-order valence-electron chi connectivity index (χ2n) is 8.70. The van der Waals surface area contributed by atoms with Crippen LogP contribution in [-0.2, 0) is 30.6 Å². The summed E-state index contributed by atoms with van der Waals surface area (Å²) in [5.74, 6) is -0.230. The summed E-state index contributed by atoms with van der Waals surface area (Å²) in [6.07, 6.45) is -3.52. The lowest BCUT2D eigenvalue weighted by atomic mass is 9.98. The molecule has 11 nitrogen and oxygen atoms in total. The lowest BCUT2D eigenvalue weighted by molar-refractivity contribution is -0.149. The molecule has 36 heavy (non-hydrogen) atoms. The molecule has 4 N–H and O–H groups in total. The van der Waals surface area contributed by atoms with Crippen LogP contribution in [-0.4, -0.2) is 57.3 Å². The summed E-state index contributed by atoms with van der Waals surface area (Å²) in [7, 11) is 0. The number of rotatable bonds is 10. The minimum atomic E-state index is -3.45. The van der Waals surface area contributed by atoms with E-state index < -0.39 is 55.1 Å². The van der Waals surface area contributed by atoms with E-state index in [1.54, 1.807) is 51.1 Å². The van der Waals surface area contributed by atoms with Gasteiger partial charge in [-0.15, -0.1) is 0 Å². The van der Waals surface area contributed by atoms with Gasteiger partial charge in [0.2, 0.25) is 0 Å². The highest BCUT2D eigenvalue weighted by Gasteiger charge is 2.55. The molecule has 2 unspecified atom stereocenters. The number of nitrogens with one attached hydrogen (secondary N) is 1. The summed E-state index contributed by atoms with van der Waals surface area (Å²) < 4.78 is 39.0. The third-order valence-corrected chi connectivity index (χ3v) is 7.76. The van der Waals surface area contributed by atoms with Gasteiger partial charge in [-0.2, -0.15) is 4.98 Å². The molecule has 2 heterocycles. The number of para-hydroxylation sites is 1. The number of carbonyl (C=O) groups is 1. The fourth-order valence-corrected chi connectivity index (χ4v) is 5.88. The Bertz CT molecular complexity index is 1170. The smallest absolute Gasteiger partial charge is 0.351 e. The van der Waals surface area contributed by atoms with E-state index in [0.717, 1.165) is 11.5 Å². The van der Waals surface area contributed by atoms with Crippen molar-refractivity contribution in [1.29, 1.82) is 0 Å². The zero-order chi connectivity index (χ0) is 26.7. The summed E-state index contributed by atoms with van der Waals surface area (Å²) >= 11 is 5.62. The Balaban J connectivity index is 1.79. The number of benzene rings is 1. The van der Waals surface area contributed by atoms with Crippen LogP contribution >= 0.6 is 6.64 Å². The molecule has 0 spiro atoms. The minimum Gasteiger partial charge on any atom is -0.462 e. The van der Waals surface area contributed by atoms with Crippen LogP contribution in [0.2, 0.25) is 0 Å². The number of nitrogen functional groups attached to an aromatic ring is 1. The molecule has 1 aliphatic heterocycles. The van der Waals surface area contributed by atoms with Gasteiger partial charge < -0.3 is 29.4 Å². The fraction of sp³-hybridized carbons (Fsp3) is 0.500. The number of nitrogens with two attached hydrogens (primary N) is 1. The number of hydrogen-bond donors (Lipinski definition) is 3. The Kier molecular flexibility index (Phi) is 8.86. The van der Waals surface area contributed by atoms with Crippen molar-refractivity contribution in [2.24, 2.45) is 0 Å². The van der Waals surface area contributed by atoms with Crippen molar-refractivity contribution >= 4 is 30.2 Å². The number of anilines is 1. The lowest BCUT2D eigenvalue weighted by Gasteiger charge is -2.28. The summed E-state index contributed by atoms with van der Waals surface area (Å²) in [4.78, 5) is 28.2. The molecule has 1 saturated heterocycles. The van der Waals surface area contributed by atoms with Crippen LogP contribution in [0.15, 0.2) is 47.4 Å². The SMILES string of the molecule is CC(C)OC(=O)C(C)NP(=S)(OC[C@H]1O[C@@H](n2ccc(N)nc2=O)[C@](C)(F)[C@@H]1O)Oc1ccccc1. The molecular formula is C22H30FN4O7PS. The molecule has 6 atom stereocenters. The number of nitrogens with zero attached hydrogens (tertiary/aromatic N) is 2. The average Bonchev–Trinajstić information content (AvgIpc) is 3.01. The van der Waals surface area contributed by atoms with Crippen LogP contribution in [0.5, 0.6) is 5.75 Å². The van der Waals surface area contributed by atoms with E-state index in [1.165, 1.54) is 12.3 Å². The van der Waals surface area contributed by atoms with Crippen LogP contribution in [0.1, 0.15) is 33.9 Å². The number of carbonyl (C=O) groups excluding carboxylic acids is 1. The van der Waals surface area contributed by atoms with Crippen LogP contribution in [0.3, 0.4) is 0 Å². The molecule has 1 aromatic carbocycles. The van der Waals surface area contributed by atoms with E-state index in [4.69, 9.17) is 36.1 Å². The van der Waals surface area contributed by atoms with Gasteiger partial charge >= 0.3 is 18.3 Å². The van der Waals surface area contributed by atoms with Crippen molar-refractivity contribution < 1.29 is 32.8 Å². The molecule has 0 saturated carbocycles. The van der Waals surface area contributed by atoms with E-state index in [1.807, 2.05) is 0 Å². The Morgan fingerprint density at radius 1 is 1.36 bits per heavy atom. The highest BCUT2D eigenvalue weighted by molar-refractivity contribution is 8.09. The molecule has 3 rings (SSSR count). The van der Waals surface area contributed by atoms with Crippen molar-refractivity contribution in [3.05, 3.63) is 53.1 Å². The summed E-state index contributed by atoms with van der Waals surface area (Å²) in [6, 6.07) is 8.96. The summed E-state index contributed by atoms with van der Waals surface area (Å²) in [5, 5.41) is 13.5. The molecule has 0 aliphatic carbocycles. The van der Waals surface area contributed by atoms with Gasteiger partial charge in [-0.05, 0) is 57.7 Å². The normalized spacial score (nSPS) is 26.4. The molecule has 2 aromatic rings. The van der Waals surface area contributed by atoms with Crippen molar-refractivity contribution in [1.82, 2.24) is 14.6 Å². The number of aromatic nitrogens is 2. The molecule has 14 heteroatoms. The number of aliphatic hydroxyl groups excluding tert-OH is 1. The van der Waals surface area contributed by atoms with Gasteiger partial charge in [-0.25, -0.2) is 14.3 Å². The van der Waals surface area contributed by atoms with E-state index in [2.05, 4.69) is 10.1 Å². The zero-order valence-corrected chi connectivity index (χ0v) is 21.9. The van der Waals surface area contributed by atoms with Crippen molar-refractivity contribution in [2.75, 3.05) is 12.3 Å². The van der Waals surface area contributed by atoms with Gasteiger partial charge in [0.1, 0.15) is 29.8 Å². The second-order valence-corrected chi connectivity index (χ2v) is 11.8. The predicted molar refractivity (Wildman–Crippen MR) is 133 cm³/mol. The molecule has 0 radical (unpaired) electrons. The van der Waals surface area contributed by atoms with Gasteiger partial charge in [0.05, 0.1) is 12.7 Å². The fourth-order valence-electron chi connectivity index (χ4n) is 3.46. The molecule has 198 valence electrons. The van der Waals surface area contributed by atoms with E-state index >= 15 is 4.39 Å². The Morgan fingerprint density at radius 2 is 2.03 bits per heavy atom. The third kappa shape index (κ3) is 6.67. The maximum atomic E-state index is 15.5. The van der Waals surface area contributed by atoms with Crippen LogP contribution in [0, 0.1) is 0 Å². The zero-order valence-electron chi connectivity index (χ0n) is 20.2. The predicted octanol–water partition coefficient (Wildman–Crippen LogP) is 2.06. The van der Waals surface area contributed by atoms with Gasteiger partial charge in [0.15, 0.2) is 11.9 Å². The first-order chi connectivity index (χ1) is 16.8. The molecule has 0 amide bonds. The summed E-state index contributed by atoms with van der Waals surface area (Å²) in [5.41, 5.74) is 2.29. The molecule has 1 aliphatic rings. The molecule has 1 aromatic heterocycles. The standard InChI is InChI=1S/C22H30FN4O7PS/c1-13(2)32-19(29)14(3)26-35(36,34-15-8-6-5-7-9-15)31-12-16-18(28)22(4,23)20(33-16)27-11-10-17(24)25-21(27)30/h5-11,13-14,16,18,20,28H,12H2,1-4H3,(H,26,36)(H2,24,25,30)/t14?,16-,18-,20-,22-,35?/m1/s1. The van der Waals surface area contributed by atoms with Crippen molar-refractivity contribution in [2.45, 2.75) is 63.9 Å². The van der Waals surface area contributed by atoms with E-state index in [-0.39, 0.29) is 11.9 Å². The highest BCUT2D eigenvalue weighted by Crippen LogP contribution is 2.47. The quantitative estimate of drug-likeness (QED) is 0.298. The highest BCUT2D eigenvalue weighted by atomic mass is 32.5. The van der Waals surface area contributed by atoms with Gasteiger partial charge in [-0.3, -0.25) is 9.36 Å². The second kappa shape index (κ2) is 11.3. The van der Waals surface area contributed by atoms with Gasteiger partial charge in [0.25, 0.3) is 0 Å². The first-order valence-corrected chi connectivity index (χ1v) is 13.8. The Morgan fingerprint density at radius 3 is 2.64 bits per heavy atom. The maximum Gasteiger partial charge on any atom is 0.351 e. The van der Waals surface area contributed by atoms with E-state index in [0.29, 0.717) is 5.75 Å². The molecule has 1 fully saturated rings. The minimum absolute atomic E-state index is 0.0369. The van der Waals surface area contributed by atoms with Gasteiger partial charge in [0, 0.05) is 6.20 Å². The van der Waals surface area contributed by atoms with Crippen LogP contribution in [0.25, 0.3) is 0 Å². The number of halogens is 1. The third-order valence-electron chi connectivity index (χ3n) is 5.26. The molecule has 0 bridgehead atoms.